The number of nitrogens with zero attached hydrogens (tertiary/aromatic N) is 3. The lowest BCUT2D eigenvalue weighted by atomic mass is 10.2. The second-order valence-electron chi connectivity index (χ2n) is 7.20. The molecule has 0 saturated carbocycles. The summed E-state index contributed by atoms with van der Waals surface area (Å²) in [6.45, 7) is 7.48. The fourth-order valence-electron chi connectivity index (χ4n) is 2.73. The molecule has 0 bridgehead atoms. The van der Waals surface area contributed by atoms with Gasteiger partial charge in [0.1, 0.15) is 16.6 Å². The minimum atomic E-state index is -1.32. The normalized spacial score (nSPS) is 17.5. The minimum absolute atomic E-state index is 0.0334. The third-order valence-corrected chi connectivity index (χ3v) is 6.58. The van der Waals surface area contributed by atoms with Crippen LogP contribution >= 0.6 is 11.3 Å². The van der Waals surface area contributed by atoms with E-state index < -0.39 is 16.6 Å². The topological polar surface area (TPSA) is 71.9 Å². The molecular formula is C17H23N3O4S2. The fourth-order valence-corrected chi connectivity index (χ4v) is 4.92. The summed E-state index contributed by atoms with van der Waals surface area (Å²) in [6, 6.07) is 5.44. The molecule has 1 saturated heterocycles. The van der Waals surface area contributed by atoms with E-state index in [1.807, 2.05) is 37.2 Å². The van der Waals surface area contributed by atoms with Crippen LogP contribution in [0.4, 0.5) is 4.79 Å². The van der Waals surface area contributed by atoms with Gasteiger partial charge in [-0.15, -0.1) is 0 Å². The molecule has 1 aromatic heterocycles. The maximum atomic E-state index is 12.9. The predicted octanol–water partition coefficient (Wildman–Crippen LogP) is 2.18. The van der Waals surface area contributed by atoms with Crippen molar-refractivity contribution in [1.82, 2.24) is 13.8 Å². The highest BCUT2D eigenvalue weighted by molar-refractivity contribution is 7.82. The lowest BCUT2D eigenvalue weighted by Crippen LogP contribution is -2.50. The Morgan fingerprint density at radius 3 is 2.46 bits per heavy atom. The summed E-state index contributed by atoms with van der Waals surface area (Å²) in [7, 11) is 0.409. The van der Waals surface area contributed by atoms with Gasteiger partial charge < -0.3 is 14.2 Å². The van der Waals surface area contributed by atoms with Crippen molar-refractivity contribution in [2.24, 2.45) is 7.05 Å². The molecule has 0 N–H and O–H groups in total. The molecule has 0 radical (unpaired) electrons. The van der Waals surface area contributed by atoms with Gasteiger partial charge in [-0.1, -0.05) is 11.3 Å². The molecule has 7 nitrogen and oxygen atoms in total. The van der Waals surface area contributed by atoms with E-state index in [2.05, 4.69) is 0 Å². The summed E-state index contributed by atoms with van der Waals surface area (Å²) in [5.74, 6) is 0. The first-order valence-electron chi connectivity index (χ1n) is 8.40. The molecule has 1 aliphatic rings. The monoisotopic (exact) mass is 397 g/mol. The number of amides is 1. The van der Waals surface area contributed by atoms with Crippen LogP contribution in [0.15, 0.2) is 27.9 Å². The standard InChI is InChI=1S/C17H23N3O4S2/c1-17(2,3)24-15(21)19-7-9-20(10-8-19)26(23)12-5-6-13-14(11-12)25-16(22)18(13)4/h5-6,11H,7-10H2,1-4H3. The van der Waals surface area contributed by atoms with E-state index in [4.69, 9.17) is 4.74 Å². The third-order valence-electron chi connectivity index (χ3n) is 4.09. The van der Waals surface area contributed by atoms with Crippen LogP contribution in [-0.4, -0.2) is 55.9 Å². The van der Waals surface area contributed by atoms with Gasteiger partial charge in [0, 0.05) is 33.2 Å². The van der Waals surface area contributed by atoms with Crippen LogP contribution in [0, 0.1) is 0 Å². The highest BCUT2D eigenvalue weighted by atomic mass is 32.2. The number of benzene rings is 1. The van der Waals surface area contributed by atoms with Crippen molar-refractivity contribution in [3.05, 3.63) is 27.9 Å². The van der Waals surface area contributed by atoms with E-state index in [1.165, 1.54) is 0 Å². The van der Waals surface area contributed by atoms with E-state index in [9.17, 15) is 13.8 Å². The second kappa shape index (κ2) is 7.13. The largest absolute Gasteiger partial charge is 0.444 e. The third kappa shape index (κ3) is 3.99. The van der Waals surface area contributed by atoms with Crippen LogP contribution in [0.1, 0.15) is 20.8 Å². The van der Waals surface area contributed by atoms with Crippen LogP contribution in [0.5, 0.6) is 0 Å². The zero-order valence-electron chi connectivity index (χ0n) is 15.4. The average Bonchev–Trinajstić information content (AvgIpc) is 2.86. The minimum Gasteiger partial charge on any atom is -0.444 e. The number of aromatic nitrogens is 1. The Bertz CT molecular complexity index is 905. The zero-order valence-corrected chi connectivity index (χ0v) is 17.0. The molecule has 0 spiro atoms. The van der Waals surface area contributed by atoms with E-state index in [0.29, 0.717) is 31.1 Å². The van der Waals surface area contributed by atoms with Crippen molar-refractivity contribution >= 4 is 38.6 Å². The molecular weight excluding hydrogens is 374 g/mol. The van der Waals surface area contributed by atoms with Gasteiger partial charge in [0.25, 0.3) is 0 Å². The Labute approximate surface area is 158 Å². The number of carbonyl (C=O) groups is 1. The second-order valence-corrected chi connectivity index (χ2v) is 9.68. The Morgan fingerprint density at radius 1 is 1.19 bits per heavy atom. The van der Waals surface area contributed by atoms with Gasteiger partial charge >= 0.3 is 11.0 Å². The molecule has 9 heteroatoms. The van der Waals surface area contributed by atoms with Crippen LogP contribution in [0.3, 0.4) is 0 Å². The first-order valence-corrected chi connectivity index (χ1v) is 10.3. The Kier molecular flexibility index (Phi) is 5.23. The molecule has 2 aromatic rings. The lowest BCUT2D eigenvalue weighted by Gasteiger charge is -2.34. The van der Waals surface area contributed by atoms with Crippen molar-refractivity contribution in [3.8, 4) is 0 Å². The molecule has 2 heterocycles. The highest BCUT2D eigenvalue weighted by Crippen LogP contribution is 2.22. The van der Waals surface area contributed by atoms with Gasteiger partial charge in [-0.05, 0) is 39.0 Å². The Hall–Kier alpha value is -1.71. The van der Waals surface area contributed by atoms with E-state index in [0.717, 1.165) is 21.6 Å². The summed E-state index contributed by atoms with van der Waals surface area (Å²) < 4.78 is 22.5. The number of rotatable bonds is 2. The number of hydrogen-bond acceptors (Lipinski definition) is 5. The van der Waals surface area contributed by atoms with E-state index >= 15 is 0 Å². The summed E-state index contributed by atoms with van der Waals surface area (Å²) >= 11 is 1.15. The number of fused-ring (bicyclic) bond motifs is 1. The predicted molar refractivity (Wildman–Crippen MR) is 103 cm³/mol. The number of hydrogen-bond donors (Lipinski definition) is 0. The SMILES string of the molecule is Cn1c(=O)sc2cc(S(=O)N3CCN(C(=O)OC(C)(C)C)CC3)ccc21. The van der Waals surface area contributed by atoms with Crippen molar-refractivity contribution in [1.29, 1.82) is 0 Å². The van der Waals surface area contributed by atoms with E-state index in [-0.39, 0.29) is 11.0 Å². The van der Waals surface area contributed by atoms with Crippen LogP contribution < -0.4 is 4.87 Å². The first-order chi connectivity index (χ1) is 12.2. The van der Waals surface area contributed by atoms with Gasteiger partial charge in [0.2, 0.25) is 0 Å². The number of piperazine rings is 1. The fraction of sp³-hybridized carbons (Fsp3) is 0.529. The van der Waals surface area contributed by atoms with Crippen molar-refractivity contribution in [2.45, 2.75) is 31.3 Å². The molecule has 0 aliphatic carbocycles. The Balaban J connectivity index is 1.67. The van der Waals surface area contributed by atoms with Crippen molar-refractivity contribution in [3.63, 3.8) is 0 Å². The summed E-state index contributed by atoms with van der Waals surface area (Å²) in [4.78, 5) is 26.2. The Morgan fingerprint density at radius 2 is 1.85 bits per heavy atom. The average molecular weight is 398 g/mol. The maximum absolute atomic E-state index is 12.9. The molecule has 3 rings (SSSR count). The first kappa shape index (κ1) is 19.1. The summed E-state index contributed by atoms with van der Waals surface area (Å²) in [5.41, 5.74) is 0.319. The maximum Gasteiger partial charge on any atom is 0.410 e. The number of thiazole rings is 1. The molecule has 1 aliphatic heterocycles. The number of aryl methyl sites for hydroxylation is 1. The molecule has 1 aromatic carbocycles. The van der Waals surface area contributed by atoms with Gasteiger partial charge in [0.05, 0.1) is 15.1 Å². The van der Waals surface area contributed by atoms with Gasteiger partial charge in [-0.2, -0.15) is 0 Å². The van der Waals surface area contributed by atoms with Gasteiger partial charge in [0.15, 0.2) is 0 Å². The smallest absolute Gasteiger partial charge is 0.410 e. The highest BCUT2D eigenvalue weighted by Gasteiger charge is 2.28. The van der Waals surface area contributed by atoms with Crippen molar-refractivity contribution < 1.29 is 13.7 Å². The van der Waals surface area contributed by atoms with Crippen molar-refractivity contribution in [2.75, 3.05) is 26.2 Å². The van der Waals surface area contributed by atoms with Crippen LogP contribution in [-0.2, 0) is 22.8 Å². The zero-order chi connectivity index (χ0) is 19.1. The van der Waals surface area contributed by atoms with Gasteiger partial charge in [-0.3, -0.25) is 4.79 Å². The molecule has 1 amide bonds. The lowest BCUT2D eigenvalue weighted by molar-refractivity contribution is 0.0195. The molecule has 26 heavy (non-hydrogen) atoms. The van der Waals surface area contributed by atoms with Gasteiger partial charge in [-0.25, -0.2) is 13.3 Å². The summed E-state index contributed by atoms with van der Waals surface area (Å²) in [5, 5.41) is 0. The van der Waals surface area contributed by atoms with E-state index in [1.54, 1.807) is 22.6 Å². The number of ether oxygens (including phenoxy) is 1. The van der Waals surface area contributed by atoms with Crippen LogP contribution in [0.25, 0.3) is 10.2 Å². The van der Waals surface area contributed by atoms with Crippen LogP contribution in [0.2, 0.25) is 0 Å². The molecule has 1 fully saturated rings. The quantitative estimate of drug-likeness (QED) is 0.779. The molecule has 1 unspecified atom stereocenters. The number of carbonyl (C=O) groups excluding carboxylic acids is 1. The molecule has 1 atom stereocenters. The molecule has 142 valence electrons. The summed E-state index contributed by atoms with van der Waals surface area (Å²) in [6.07, 6.45) is -0.335.